The highest BCUT2D eigenvalue weighted by Crippen LogP contribution is 2.26. The van der Waals surface area contributed by atoms with E-state index in [1.54, 1.807) is 6.07 Å². The van der Waals surface area contributed by atoms with Crippen molar-refractivity contribution < 1.29 is 22.7 Å². The van der Waals surface area contributed by atoms with Gasteiger partial charge in [-0.3, -0.25) is 4.79 Å². The van der Waals surface area contributed by atoms with E-state index >= 15 is 0 Å². The molecule has 1 fully saturated rings. The molecule has 1 amide bonds. The molecule has 0 saturated carbocycles. The Balaban J connectivity index is 2.23. The molecule has 0 bridgehead atoms. The predicted molar refractivity (Wildman–Crippen MR) is 72.0 cm³/mol. The number of anilines is 1. The first kappa shape index (κ1) is 14.8. The van der Waals surface area contributed by atoms with Gasteiger partial charge in [0.1, 0.15) is 16.7 Å². The van der Waals surface area contributed by atoms with Gasteiger partial charge in [0, 0.05) is 12.3 Å². The van der Waals surface area contributed by atoms with E-state index < -0.39 is 16.1 Å². The predicted octanol–water partition coefficient (Wildman–Crippen LogP) is 0.460. The highest BCUT2D eigenvalue weighted by atomic mass is 32.2. The molecule has 1 aliphatic rings. The molecule has 1 aliphatic heterocycles. The van der Waals surface area contributed by atoms with Crippen LogP contribution in [0.15, 0.2) is 23.1 Å². The molecule has 20 heavy (non-hydrogen) atoms. The van der Waals surface area contributed by atoms with Crippen LogP contribution < -0.4 is 15.2 Å². The summed E-state index contributed by atoms with van der Waals surface area (Å²) in [5, 5.41) is 7.72. The van der Waals surface area contributed by atoms with Crippen molar-refractivity contribution in [3.63, 3.8) is 0 Å². The minimum absolute atomic E-state index is 0.127. The van der Waals surface area contributed by atoms with Crippen molar-refractivity contribution in [3.8, 4) is 5.75 Å². The number of nitrogens with one attached hydrogen (secondary N) is 1. The molecule has 7 nitrogen and oxygen atoms in total. The van der Waals surface area contributed by atoms with Crippen molar-refractivity contribution in [2.24, 2.45) is 5.14 Å². The smallest absolute Gasteiger partial charge is 0.253 e. The van der Waals surface area contributed by atoms with E-state index in [1.165, 1.54) is 19.2 Å². The van der Waals surface area contributed by atoms with Gasteiger partial charge in [-0.15, -0.1) is 0 Å². The molecule has 1 heterocycles. The van der Waals surface area contributed by atoms with Crippen LogP contribution in [0.5, 0.6) is 5.75 Å². The van der Waals surface area contributed by atoms with Crippen LogP contribution in [0.3, 0.4) is 0 Å². The maximum atomic E-state index is 11.9. The number of hydrogen-bond donors (Lipinski definition) is 2. The Morgan fingerprint density at radius 1 is 1.50 bits per heavy atom. The zero-order valence-corrected chi connectivity index (χ0v) is 11.8. The molecule has 8 heteroatoms. The van der Waals surface area contributed by atoms with Gasteiger partial charge in [0.15, 0.2) is 0 Å². The topological polar surface area (TPSA) is 108 Å². The summed E-state index contributed by atoms with van der Waals surface area (Å²) in [4.78, 5) is 11.7. The van der Waals surface area contributed by atoms with Gasteiger partial charge in [-0.05, 0) is 31.0 Å². The zero-order chi connectivity index (χ0) is 14.8. The van der Waals surface area contributed by atoms with E-state index in [4.69, 9.17) is 14.6 Å². The fraction of sp³-hybridized carbons (Fsp3) is 0.417. The van der Waals surface area contributed by atoms with Crippen LogP contribution in [0.1, 0.15) is 12.8 Å². The average Bonchev–Trinajstić information content (AvgIpc) is 2.91. The van der Waals surface area contributed by atoms with E-state index in [9.17, 15) is 13.2 Å². The van der Waals surface area contributed by atoms with Crippen molar-refractivity contribution in [1.29, 1.82) is 0 Å². The van der Waals surface area contributed by atoms with Crippen LogP contribution >= 0.6 is 0 Å². The number of rotatable bonds is 4. The van der Waals surface area contributed by atoms with Crippen molar-refractivity contribution in [2.75, 3.05) is 19.0 Å². The Morgan fingerprint density at radius 2 is 2.25 bits per heavy atom. The maximum Gasteiger partial charge on any atom is 0.253 e. The first-order chi connectivity index (χ1) is 9.41. The molecule has 1 atom stereocenters. The number of carbonyl (C=O) groups is 1. The van der Waals surface area contributed by atoms with E-state index in [2.05, 4.69) is 5.32 Å². The van der Waals surface area contributed by atoms with Gasteiger partial charge < -0.3 is 14.8 Å². The van der Waals surface area contributed by atoms with E-state index in [1.807, 2.05) is 0 Å². The number of sulfonamides is 1. The second-order valence-electron chi connectivity index (χ2n) is 4.40. The Labute approximate surface area is 117 Å². The summed E-state index contributed by atoms with van der Waals surface area (Å²) in [7, 11) is -2.59. The molecule has 0 aliphatic carbocycles. The molecular formula is C12H16N2O5S. The minimum atomic E-state index is -3.93. The number of methoxy groups -OCH3 is 1. The van der Waals surface area contributed by atoms with E-state index in [0.29, 0.717) is 18.7 Å². The lowest BCUT2D eigenvalue weighted by Crippen LogP contribution is -2.27. The normalized spacial score (nSPS) is 18.8. The van der Waals surface area contributed by atoms with E-state index in [-0.39, 0.29) is 16.6 Å². The number of benzene rings is 1. The number of ether oxygens (including phenoxy) is 2. The van der Waals surface area contributed by atoms with Gasteiger partial charge in [-0.1, -0.05) is 0 Å². The quantitative estimate of drug-likeness (QED) is 0.840. The van der Waals surface area contributed by atoms with E-state index in [0.717, 1.165) is 6.42 Å². The molecular weight excluding hydrogens is 284 g/mol. The number of nitrogens with two attached hydrogens (primary N) is 1. The van der Waals surface area contributed by atoms with Crippen molar-refractivity contribution in [1.82, 2.24) is 0 Å². The third kappa shape index (κ3) is 3.27. The Hall–Kier alpha value is -1.64. The van der Waals surface area contributed by atoms with Gasteiger partial charge in [-0.25, -0.2) is 13.6 Å². The third-order valence-corrected chi connectivity index (χ3v) is 3.89. The summed E-state index contributed by atoms with van der Waals surface area (Å²) >= 11 is 0. The van der Waals surface area contributed by atoms with Gasteiger partial charge >= 0.3 is 0 Å². The molecule has 110 valence electrons. The van der Waals surface area contributed by atoms with Crippen LogP contribution in [0.2, 0.25) is 0 Å². The van der Waals surface area contributed by atoms with Crippen molar-refractivity contribution >= 4 is 21.6 Å². The summed E-state index contributed by atoms with van der Waals surface area (Å²) in [6.07, 6.45) is 1.00. The van der Waals surface area contributed by atoms with Gasteiger partial charge in [0.2, 0.25) is 10.0 Å². The van der Waals surface area contributed by atoms with Crippen molar-refractivity contribution in [3.05, 3.63) is 18.2 Å². The second kappa shape index (κ2) is 5.78. The lowest BCUT2D eigenvalue weighted by molar-refractivity contribution is -0.124. The molecule has 0 spiro atoms. The lowest BCUT2D eigenvalue weighted by Gasteiger charge is -2.12. The van der Waals surface area contributed by atoms with Crippen LogP contribution in [-0.4, -0.2) is 34.1 Å². The standard InChI is InChI=1S/C12H16N2O5S/c1-18-9-5-4-8(7-11(9)20(13,16)17)14-12(15)10-3-2-6-19-10/h4-5,7,10H,2-3,6H2,1H3,(H,14,15)(H2,13,16,17). The molecule has 1 unspecified atom stereocenters. The van der Waals surface area contributed by atoms with Gasteiger partial charge in [-0.2, -0.15) is 0 Å². The maximum absolute atomic E-state index is 11.9. The molecule has 1 aromatic carbocycles. The molecule has 1 saturated heterocycles. The molecule has 3 N–H and O–H groups in total. The lowest BCUT2D eigenvalue weighted by atomic mass is 10.2. The number of carbonyl (C=O) groups excluding carboxylic acids is 1. The fourth-order valence-electron chi connectivity index (χ4n) is 1.98. The SMILES string of the molecule is COc1ccc(NC(=O)C2CCCO2)cc1S(N)(=O)=O. The first-order valence-corrected chi connectivity index (χ1v) is 7.60. The molecule has 0 radical (unpaired) electrons. The minimum Gasteiger partial charge on any atom is -0.495 e. The Kier molecular flexibility index (Phi) is 4.26. The average molecular weight is 300 g/mol. The highest BCUT2D eigenvalue weighted by Gasteiger charge is 2.24. The fourth-order valence-corrected chi connectivity index (χ4v) is 2.71. The summed E-state index contributed by atoms with van der Waals surface area (Å²) in [5.41, 5.74) is 0.329. The van der Waals surface area contributed by atoms with Crippen LogP contribution in [0, 0.1) is 0 Å². The number of amides is 1. The number of hydrogen-bond acceptors (Lipinski definition) is 5. The summed E-state index contributed by atoms with van der Waals surface area (Å²) in [6, 6.07) is 4.24. The highest BCUT2D eigenvalue weighted by molar-refractivity contribution is 7.89. The van der Waals surface area contributed by atoms with Crippen molar-refractivity contribution in [2.45, 2.75) is 23.8 Å². The van der Waals surface area contributed by atoms with Gasteiger partial charge in [0.05, 0.1) is 7.11 Å². The second-order valence-corrected chi connectivity index (χ2v) is 5.93. The molecule has 1 aromatic rings. The summed E-state index contributed by atoms with van der Waals surface area (Å²) in [6.45, 7) is 0.559. The van der Waals surface area contributed by atoms with Crippen LogP contribution in [0.25, 0.3) is 0 Å². The zero-order valence-electron chi connectivity index (χ0n) is 11.0. The molecule has 2 rings (SSSR count). The Bertz CT molecular complexity index is 608. The molecule has 0 aromatic heterocycles. The third-order valence-electron chi connectivity index (χ3n) is 2.96. The van der Waals surface area contributed by atoms with Crippen LogP contribution in [-0.2, 0) is 19.6 Å². The Morgan fingerprint density at radius 3 is 2.80 bits per heavy atom. The largest absolute Gasteiger partial charge is 0.495 e. The summed E-state index contributed by atoms with van der Waals surface area (Å²) in [5.74, 6) is -0.171. The first-order valence-electron chi connectivity index (χ1n) is 6.05. The summed E-state index contributed by atoms with van der Waals surface area (Å²) < 4.78 is 33.1. The number of primary sulfonamides is 1. The monoisotopic (exact) mass is 300 g/mol. The van der Waals surface area contributed by atoms with Gasteiger partial charge in [0.25, 0.3) is 5.91 Å². The van der Waals surface area contributed by atoms with Crippen LogP contribution in [0.4, 0.5) is 5.69 Å².